The minimum atomic E-state index is -0.638. The zero-order chi connectivity index (χ0) is 12.1. The molecule has 0 spiro atoms. The molecule has 16 heavy (non-hydrogen) atoms. The third kappa shape index (κ3) is 3.70. The van der Waals surface area contributed by atoms with Crippen molar-refractivity contribution in [2.45, 2.75) is 13.8 Å². The minimum absolute atomic E-state index is 0.337. The molecule has 0 unspecified atom stereocenters. The molecular weight excluding hydrogens is 208 g/mol. The van der Waals surface area contributed by atoms with E-state index < -0.39 is 11.8 Å². The predicted octanol–water partition coefficient (Wildman–Crippen LogP) is 0.450. The van der Waals surface area contributed by atoms with Crippen LogP contribution in [-0.4, -0.2) is 18.4 Å². The van der Waals surface area contributed by atoms with Crippen LogP contribution in [0.15, 0.2) is 18.2 Å². The molecule has 2 amide bonds. The Labute approximate surface area is 93.5 Å². The fraction of sp³-hybridized carbons (Fsp3) is 0.273. The average Bonchev–Trinajstić information content (AvgIpc) is 2.15. The molecule has 5 heteroatoms. The second-order valence-corrected chi connectivity index (χ2v) is 3.56. The number of aryl methyl sites for hydroxylation is 2. The van der Waals surface area contributed by atoms with Gasteiger partial charge in [0.2, 0.25) is 5.91 Å². The van der Waals surface area contributed by atoms with E-state index in [2.05, 4.69) is 10.3 Å². The Bertz CT molecular complexity index is 395. The lowest BCUT2D eigenvalue weighted by atomic mass is 10.1. The van der Waals surface area contributed by atoms with Crippen LogP contribution in [0.1, 0.15) is 21.5 Å². The lowest BCUT2D eigenvalue weighted by molar-refractivity contribution is -0.124. The van der Waals surface area contributed by atoms with Gasteiger partial charge in [0.05, 0.1) is 0 Å². The Kier molecular flexibility index (Phi) is 4.02. The topological polar surface area (TPSA) is 81.4 Å². The molecule has 86 valence electrons. The van der Waals surface area contributed by atoms with Crippen molar-refractivity contribution in [1.82, 2.24) is 5.48 Å². The van der Waals surface area contributed by atoms with Crippen molar-refractivity contribution < 1.29 is 14.4 Å². The van der Waals surface area contributed by atoms with Crippen LogP contribution in [0.25, 0.3) is 0 Å². The summed E-state index contributed by atoms with van der Waals surface area (Å²) in [6.45, 7) is 3.46. The van der Waals surface area contributed by atoms with E-state index in [9.17, 15) is 9.59 Å². The first-order chi connectivity index (χ1) is 7.49. The van der Waals surface area contributed by atoms with Crippen LogP contribution in [0.5, 0.6) is 0 Å². The summed E-state index contributed by atoms with van der Waals surface area (Å²) in [5.41, 5.74) is 9.46. The van der Waals surface area contributed by atoms with Crippen molar-refractivity contribution in [2.24, 2.45) is 5.73 Å². The molecule has 1 aromatic carbocycles. The first kappa shape index (κ1) is 12.2. The van der Waals surface area contributed by atoms with Crippen molar-refractivity contribution in [3.8, 4) is 0 Å². The number of hydroxylamine groups is 1. The molecule has 0 radical (unpaired) electrons. The molecule has 0 saturated heterocycles. The number of amides is 2. The van der Waals surface area contributed by atoms with Crippen LogP contribution < -0.4 is 11.2 Å². The average molecular weight is 222 g/mol. The lowest BCUT2D eigenvalue weighted by Crippen LogP contribution is -2.29. The molecule has 0 atom stereocenters. The number of rotatable bonds is 4. The molecular formula is C11H14N2O3. The summed E-state index contributed by atoms with van der Waals surface area (Å²) < 4.78 is 0. The van der Waals surface area contributed by atoms with Crippen LogP contribution in [0.2, 0.25) is 0 Å². The van der Waals surface area contributed by atoms with Gasteiger partial charge in [0, 0.05) is 5.56 Å². The van der Waals surface area contributed by atoms with Gasteiger partial charge in [-0.2, -0.15) is 0 Å². The largest absolute Gasteiger partial charge is 0.368 e. The van der Waals surface area contributed by atoms with E-state index in [1.165, 1.54) is 0 Å². The summed E-state index contributed by atoms with van der Waals surface area (Å²) in [5.74, 6) is -1.03. The van der Waals surface area contributed by atoms with Crippen LogP contribution in [0.3, 0.4) is 0 Å². The highest BCUT2D eigenvalue weighted by Gasteiger charge is 2.06. The zero-order valence-electron chi connectivity index (χ0n) is 9.24. The van der Waals surface area contributed by atoms with E-state index in [-0.39, 0.29) is 6.61 Å². The number of benzene rings is 1. The fourth-order valence-corrected chi connectivity index (χ4v) is 1.34. The lowest BCUT2D eigenvalue weighted by Gasteiger charge is -2.06. The van der Waals surface area contributed by atoms with Gasteiger partial charge in [-0.1, -0.05) is 17.2 Å². The highest BCUT2D eigenvalue weighted by molar-refractivity contribution is 5.93. The number of hydrogen-bond donors (Lipinski definition) is 2. The number of primary amides is 1. The van der Waals surface area contributed by atoms with Crippen molar-refractivity contribution in [3.05, 3.63) is 34.9 Å². The molecule has 0 saturated carbocycles. The highest BCUT2D eigenvalue weighted by atomic mass is 16.7. The van der Waals surface area contributed by atoms with Crippen molar-refractivity contribution in [1.29, 1.82) is 0 Å². The van der Waals surface area contributed by atoms with Crippen molar-refractivity contribution in [2.75, 3.05) is 6.61 Å². The second-order valence-electron chi connectivity index (χ2n) is 3.56. The standard InChI is InChI=1S/C11H14N2O3/c1-7-3-8(2)5-9(4-7)11(15)13-16-6-10(12)14/h3-5H,6H2,1-2H3,(H2,12,14)(H,13,15). The zero-order valence-corrected chi connectivity index (χ0v) is 9.24. The maximum Gasteiger partial charge on any atom is 0.274 e. The molecule has 0 aliphatic heterocycles. The smallest absolute Gasteiger partial charge is 0.274 e. The third-order valence-electron chi connectivity index (χ3n) is 1.86. The molecule has 0 aromatic heterocycles. The summed E-state index contributed by atoms with van der Waals surface area (Å²) in [5, 5.41) is 0. The van der Waals surface area contributed by atoms with E-state index in [0.29, 0.717) is 5.56 Å². The van der Waals surface area contributed by atoms with Crippen LogP contribution >= 0.6 is 0 Å². The summed E-state index contributed by atoms with van der Waals surface area (Å²) >= 11 is 0. The quantitative estimate of drug-likeness (QED) is 0.726. The molecule has 5 nitrogen and oxygen atoms in total. The number of nitrogens with one attached hydrogen (secondary N) is 1. The molecule has 3 N–H and O–H groups in total. The van der Waals surface area contributed by atoms with E-state index in [0.717, 1.165) is 11.1 Å². The van der Waals surface area contributed by atoms with Gasteiger partial charge in [-0.15, -0.1) is 0 Å². The van der Waals surface area contributed by atoms with Gasteiger partial charge in [-0.25, -0.2) is 5.48 Å². The van der Waals surface area contributed by atoms with Gasteiger partial charge < -0.3 is 5.73 Å². The van der Waals surface area contributed by atoms with E-state index in [4.69, 9.17) is 5.73 Å². The Balaban J connectivity index is 2.62. The SMILES string of the molecule is Cc1cc(C)cc(C(=O)NOCC(N)=O)c1. The Morgan fingerprint density at radius 3 is 2.31 bits per heavy atom. The third-order valence-corrected chi connectivity index (χ3v) is 1.86. The number of nitrogens with two attached hydrogens (primary N) is 1. The molecule has 0 heterocycles. The molecule has 0 aliphatic carbocycles. The normalized spacial score (nSPS) is 9.88. The maximum absolute atomic E-state index is 11.5. The van der Waals surface area contributed by atoms with Crippen molar-refractivity contribution in [3.63, 3.8) is 0 Å². The van der Waals surface area contributed by atoms with E-state index in [1.807, 2.05) is 19.9 Å². The molecule has 1 rings (SSSR count). The Morgan fingerprint density at radius 1 is 1.25 bits per heavy atom. The Morgan fingerprint density at radius 2 is 1.81 bits per heavy atom. The summed E-state index contributed by atoms with van der Waals surface area (Å²) in [4.78, 5) is 26.5. The first-order valence-electron chi connectivity index (χ1n) is 4.78. The first-order valence-corrected chi connectivity index (χ1v) is 4.78. The van der Waals surface area contributed by atoms with Gasteiger partial charge in [-0.05, 0) is 26.0 Å². The number of carbonyl (C=O) groups is 2. The van der Waals surface area contributed by atoms with Crippen molar-refractivity contribution >= 4 is 11.8 Å². The van der Waals surface area contributed by atoms with E-state index in [1.54, 1.807) is 12.1 Å². The molecule has 0 bridgehead atoms. The van der Waals surface area contributed by atoms with Gasteiger partial charge >= 0.3 is 0 Å². The second kappa shape index (κ2) is 5.27. The molecule has 0 fully saturated rings. The molecule has 1 aromatic rings. The number of hydrogen-bond acceptors (Lipinski definition) is 3. The van der Waals surface area contributed by atoms with E-state index >= 15 is 0 Å². The fourth-order valence-electron chi connectivity index (χ4n) is 1.34. The van der Waals surface area contributed by atoms with Gasteiger partial charge in [0.15, 0.2) is 6.61 Å². The van der Waals surface area contributed by atoms with Gasteiger partial charge in [0.1, 0.15) is 0 Å². The predicted molar refractivity (Wildman–Crippen MR) is 58.5 cm³/mol. The van der Waals surface area contributed by atoms with Crippen LogP contribution in [-0.2, 0) is 9.63 Å². The Hall–Kier alpha value is -1.88. The summed E-state index contributed by atoms with van der Waals surface area (Å²) in [6.07, 6.45) is 0. The van der Waals surface area contributed by atoms with Gasteiger partial charge in [-0.3, -0.25) is 14.4 Å². The summed E-state index contributed by atoms with van der Waals surface area (Å²) in [7, 11) is 0. The highest BCUT2D eigenvalue weighted by Crippen LogP contribution is 2.08. The maximum atomic E-state index is 11.5. The molecule has 0 aliphatic rings. The van der Waals surface area contributed by atoms with Gasteiger partial charge in [0.25, 0.3) is 5.91 Å². The minimum Gasteiger partial charge on any atom is -0.368 e. The van der Waals surface area contributed by atoms with Crippen LogP contribution in [0, 0.1) is 13.8 Å². The monoisotopic (exact) mass is 222 g/mol. The van der Waals surface area contributed by atoms with Crippen LogP contribution in [0.4, 0.5) is 0 Å². The summed E-state index contributed by atoms with van der Waals surface area (Å²) in [6, 6.07) is 5.42. The number of carbonyl (C=O) groups excluding carboxylic acids is 2.